The summed E-state index contributed by atoms with van der Waals surface area (Å²) in [7, 11) is 0. The number of phenols is 2. The van der Waals surface area contributed by atoms with E-state index in [-0.39, 0.29) is 23.3 Å². The van der Waals surface area contributed by atoms with Gasteiger partial charge in [0.2, 0.25) is 6.29 Å². The number of benzene rings is 1. The van der Waals surface area contributed by atoms with Crippen molar-refractivity contribution in [2.75, 3.05) is 0 Å². The molecule has 1 aromatic carbocycles. The second-order valence-corrected chi connectivity index (χ2v) is 6.28. The third kappa shape index (κ3) is 4.71. The summed E-state index contributed by atoms with van der Waals surface area (Å²) in [6.07, 6.45) is 1.14. The first kappa shape index (κ1) is 19.7. The number of rotatable bonds is 3. The zero-order chi connectivity index (χ0) is 19.4. The number of phenolic OH excluding ortho intramolecular Hbond substituents is 2. The minimum Gasteiger partial charge on any atom is -0.508 e. The van der Waals surface area contributed by atoms with Gasteiger partial charge in [0, 0.05) is 6.07 Å². The number of aliphatic hydroxyl groups is 1. The van der Waals surface area contributed by atoms with E-state index in [1.165, 1.54) is 25.1 Å². The van der Waals surface area contributed by atoms with Crippen LogP contribution in [0.1, 0.15) is 43.1 Å². The van der Waals surface area contributed by atoms with Crippen LogP contribution in [0.5, 0.6) is 11.5 Å². The molecule has 0 bridgehead atoms. The molecule has 0 radical (unpaired) electrons. The molecule has 0 fully saturated rings. The van der Waals surface area contributed by atoms with Gasteiger partial charge in [-0.3, -0.25) is 4.79 Å². The Morgan fingerprint density at radius 1 is 1.31 bits per heavy atom. The minimum absolute atomic E-state index is 0.103. The summed E-state index contributed by atoms with van der Waals surface area (Å²) in [5.41, 5.74) is 0.892. The molecule has 0 spiro atoms. The maximum Gasteiger partial charge on any atom is 0.344 e. The lowest BCUT2D eigenvalue weighted by Gasteiger charge is -2.25. The first-order chi connectivity index (χ1) is 12.2. The van der Waals surface area contributed by atoms with E-state index < -0.39 is 36.0 Å². The van der Waals surface area contributed by atoms with Crippen molar-refractivity contribution < 1.29 is 34.4 Å². The number of allylic oxidation sites excluding steroid dienone is 1. The number of ketones is 1. The molecular formula is C19H22O7. The van der Waals surface area contributed by atoms with E-state index in [1.54, 1.807) is 19.9 Å². The van der Waals surface area contributed by atoms with Gasteiger partial charge in [0.1, 0.15) is 23.2 Å². The monoisotopic (exact) mass is 362 g/mol. The number of hydrogen-bond acceptors (Lipinski definition) is 7. The molecule has 7 heteroatoms. The van der Waals surface area contributed by atoms with Gasteiger partial charge in [-0.1, -0.05) is 17.7 Å². The van der Waals surface area contributed by atoms with Crippen LogP contribution in [0.2, 0.25) is 0 Å². The quantitative estimate of drug-likeness (QED) is 0.558. The highest BCUT2D eigenvalue weighted by Gasteiger charge is 2.29. The molecule has 7 nitrogen and oxygen atoms in total. The molecule has 140 valence electrons. The number of aromatic hydroxyl groups is 2. The lowest BCUT2D eigenvalue weighted by molar-refractivity contribution is -0.163. The molecule has 1 heterocycles. The van der Waals surface area contributed by atoms with E-state index in [9.17, 15) is 24.9 Å². The van der Waals surface area contributed by atoms with E-state index in [1.807, 2.05) is 0 Å². The fourth-order valence-corrected chi connectivity index (χ4v) is 2.61. The molecule has 1 aromatic rings. The van der Waals surface area contributed by atoms with E-state index >= 15 is 0 Å². The normalized spacial score (nSPS) is 22.5. The summed E-state index contributed by atoms with van der Waals surface area (Å²) in [6, 6.07) is 2.34. The van der Waals surface area contributed by atoms with Crippen LogP contribution in [-0.2, 0) is 14.3 Å². The summed E-state index contributed by atoms with van der Waals surface area (Å²) in [6.45, 7) is 4.92. The third-order valence-corrected chi connectivity index (χ3v) is 3.72. The van der Waals surface area contributed by atoms with E-state index in [0.29, 0.717) is 0 Å². The Kier molecular flexibility index (Phi) is 6.18. The van der Waals surface area contributed by atoms with Gasteiger partial charge >= 0.3 is 5.97 Å². The first-order valence-corrected chi connectivity index (χ1v) is 8.14. The first-order valence-electron chi connectivity index (χ1n) is 8.14. The summed E-state index contributed by atoms with van der Waals surface area (Å²) in [5, 5.41) is 29.8. The Labute approximate surface area is 151 Å². The Hall–Kier alpha value is -2.64. The molecule has 2 rings (SSSR count). The van der Waals surface area contributed by atoms with Crippen molar-refractivity contribution >= 4 is 17.8 Å². The van der Waals surface area contributed by atoms with Gasteiger partial charge in [-0.2, -0.15) is 0 Å². The molecule has 0 aliphatic carbocycles. The third-order valence-electron chi connectivity index (χ3n) is 3.72. The predicted octanol–water partition coefficient (Wildman–Crippen LogP) is 2.30. The van der Waals surface area contributed by atoms with Crippen LogP contribution in [0, 0.1) is 0 Å². The Morgan fingerprint density at radius 3 is 2.65 bits per heavy atom. The van der Waals surface area contributed by atoms with Gasteiger partial charge in [-0.15, -0.1) is 0 Å². The van der Waals surface area contributed by atoms with E-state index in [2.05, 4.69) is 0 Å². The lowest BCUT2D eigenvalue weighted by atomic mass is 10.0. The average molecular weight is 362 g/mol. The van der Waals surface area contributed by atoms with E-state index in [0.717, 1.165) is 11.6 Å². The van der Waals surface area contributed by atoms with Gasteiger partial charge in [0.05, 0.1) is 6.10 Å². The Morgan fingerprint density at radius 2 is 2.00 bits per heavy atom. The molecule has 3 N–H and O–H groups in total. The molecule has 0 unspecified atom stereocenters. The maximum atomic E-state index is 12.3. The van der Waals surface area contributed by atoms with Crippen molar-refractivity contribution in [2.24, 2.45) is 0 Å². The second kappa shape index (κ2) is 8.16. The molecule has 0 amide bonds. The summed E-state index contributed by atoms with van der Waals surface area (Å²) in [5.74, 6) is -1.98. The zero-order valence-electron chi connectivity index (χ0n) is 14.8. The van der Waals surface area contributed by atoms with E-state index in [4.69, 9.17) is 9.47 Å². The number of carbonyl (C=O) groups excluding carboxylic acids is 2. The number of fused-ring (bicyclic) bond motifs is 1. The lowest BCUT2D eigenvalue weighted by Crippen LogP contribution is -2.38. The molecule has 3 atom stereocenters. The standard InChI is InChI=1S/C19H22O7/c1-10(2)7-15(22)18(23)16-6-4-5-12-8-13(20)9-14(21)17(12)19(24)26-11(3)25-16/h4-5,7-9,11,16,18,20-21,23H,6H2,1-3H3/b5-4+/t11-,16-,18+/m0/s1. The molecule has 0 saturated heterocycles. The van der Waals surface area contributed by atoms with Crippen LogP contribution in [0.15, 0.2) is 29.9 Å². The fourth-order valence-electron chi connectivity index (χ4n) is 2.61. The van der Waals surface area contributed by atoms with Crippen LogP contribution >= 0.6 is 0 Å². The Balaban J connectivity index is 2.36. The highest BCUT2D eigenvalue weighted by molar-refractivity contribution is 5.97. The largest absolute Gasteiger partial charge is 0.508 e. The van der Waals surface area contributed by atoms with Crippen molar-refractivity contribution in [1.29, 1.82) is 0 Å². The maximum absolute atomic E-state index is 12.3. The van der Waals surface area contributed by atoms with Gasteiger partial charge in [-0.05, 0) is 44.9 Å². The van der Waals surface area contributed by atoms with Gasteiger partial charge in [-0.25, -0.2) is 4.79 Å². The molecule has 26 heavy (non-hydrogen) atoms. The fraction of sp³-hybridized carbons (Fsp3) is 0.368. The highest BCUT2D eigenvalue weighted by atomic mass is 16.7. The van der Waals surface area contributed by atoms with Crippen LogP contribution < -0.4 is 0 Å². The topological polar surface area (TPSA) is 113 Å². The van der Waals surface area contributed by atoms with Crippen molar-refractivity contribution in [1.82, 2.24) is 0 Å². The molecular weight excluding hydrogens is 340 g/mol. The van der Waals surface area contributed by atoms with Gasteiger partial charge in [0.15, 0.2) is 5.78 Å². The average Bonchev–Trinajstić information content (AvgIpc) is 2.51. The number of carbonyl (C=O) groups is 2. The number of aliphatic hydroxyl groups excluding tert-OH is 1. The summed E-state index contributed by atoms with van der Waals surface area (Å²) in [4.78, 5) is 24.4. The predicted molar refractivity (Wildman–Crippen MR) is 93.6 cm³/mol. The Bertz CT molecular complexity index is 759. The molecule has 1 aliphatic heterocycles. The van der Waals surface area contributed by atoms with Crippen molar-refractivity contribution in [3.05, 3.63) is 41.0 Å². The van der Waals surface area contributed by atoms with Gasteiger partial charge in [0.25, 0.3) is 0 Å². The zero-order valence-corrected chi connectivity index (χ0v) is 14.8. The van der Waals surface area contributed by atoms with Crippen LogP contribution in [0.4, 0.5) is 0 Å². The SMILES string of the molecule is CC(C)=CC(=O)[C@@H](O)[C@@H]1C/C=C/c2cc(O)cc(O)c2C(=O)O[C@@H](C)O1. The smallest absolute Gasteiger partial charge is 0.344 e. The van der Waals surface area contributed by atoms with Crippen molar-refractivity contribution in [2.45, 2.75) is 45.7 Å². The van der Waals surface area contributed by atoms with Crippen molar-refractivity contribution in [3.8, 4) is 11.5 Å². The number of hydrogen-bond donors (Lipinski definition) is 3. The molecule has 0 saturated carbocycles. The second-order valence-electron chi connectivity index (χ2n) is 6.28. The van der Waals surface area contributed by atoms with Crippen LogP contribution in [0.3, 0.4) is 0 Å². The van der Waals surface area contributed by atoms with Gasteiger partial charge < -0.3 is 24.8 Å². The van der Waals surface area contributed by atoms with Crippen LogP contribution in [-0.4, -0.2) is 45.6 Å². The number of cyclic esters (lactones) is 1. The summed E-state index contributed by atoms with van der Waals surface area (Å²) < 4.78 is 10.7. The number of ether oxygens (including phenoxy) is 2. The number of esters is 1. The minimum atomic E-state index is -1.42. The summed E-state index contributed by atoms with van der Waals surface area (Å²) >= 11 is 0. The molecule has 0 aromatic heterocycles. The highest BCUT2D eigenvalue weighted by Crippen LogP contribution is 2.30. The van der Waals surface area contributed by atoms with Crippen LogP contribution in [0.25, 0.3) is 6.08 Å². The molecule has 1 aliphatic rings. The van der Waals surface area contributed by atoms with Crippen molar-refractivity contribution in [3.63, 3.8) is 0 Å².